The third-order valence-electron chi connectivity index (χ3n) is 4.45. The Labute approximate surface area is 136 Å². The van der Waals surface area contributed by atoms with Crippen molar-refractivity contribution in [1.82, 2.24) is 10.2 Å². The molecule has 2 heterocycles. The van der Waals surface area contributed by atoms with E-state index in [4.69, 9.17) is 0 Å². The van der Waals surface area contributed by atoms with Crippen molar-refractivity contribution in [3.8, 4) is 0 Å². The standard InChI is InChI=1S/C18H22N2OS/c1-18(2,13-19-17(21)16-8-10-22-12-16)20-9-7-14-5-3-4-6-15(14)11-20/h3-6,8,10,12H,7,9,11,13H2,1-2H3,(H,19,21). The maximum Gasteiger partial charge on any atom is 0.252 e. The molecule has 1 amide bonds. The zero-order valence-corrected chi connectivity index (χ0v) is 14.0. The molecule has 0 unspecified atom stereocenters. The van der Waals surface area contributed by atoms with Gasteiger partial charge in [0.05, 0.1) is 0 Å². The molecule has 22 heavy (non-hydrogen) atoms. The van der Waals surface area contributed by atoms with Crippen molar-refractivity contribution in [3.63, 3.8) is 0 Å². The summed E-state index contributed by atoms with van der Waals surface area (Å²) in [6.07, 6.45) is 1.08. The number of nitrogens with zero attached hydrogens (tertiary/aromatic N) is 1. The zero-order chi connectivity index (χ0) is 15.6. The number of carbonyl (C=O) groups is 1. The number of amides is 1. The van der Waals surface area contributed by atoms with Gasteiger partial charge in [0.15, 0.2) is 0 Å². The maximum absolute atomic E-state index is 12.1. The van der Waals surface area contributed by atoms with Gasteiger partial charge in [0.25, 0.3) is 5.91 Å². The van der Waals surface area contributed by atoms with Crippen molar-refractivity contribution in [2.75, 3.05) is 13.1 Å². The average Bonchev–Trinajstić information content (AvgIpc) is 3.07. The second-order valence-corrected chi connectivity index (χ2v) is 7.23. The Balaban J connectivity index is 1.62. The lowest BCUT2D eigenvalue weighted by molar-refractivity contribution is 0.0826. The molecular weight excluding hydrogens is 292 g/mol. The first-order chi connectivity index (χ1) is 10.6. The van der Waals surface area contributed by atoms with Gasteiger partial charge in [-0.15, -0.1) is 0 Å². The van der Waals surface area contributed by atoms with Crippen molar-refractivity contribution in [1.29, 1.82) is 0 Å². The quantitative estimate of drug-likeness (QED) is 0.939. The van der Waals surface area contributed by atoms with E-state index in [1.807, 2.05) is 16.8 Å². The number of hydrogen-bond acceptors (Lipinski definition) is 3. The Morgan fingerprint density at radius 3 is 2.77 bits per heavy atom. The molecular formula is C18H22N2OS. The molecule has 0 saturated heterocycles. The Morgan fingerprint density at radius 1 is 1.27 bits per heavy atom. The number of nitrogens with one attached hydrogen (secondary N) is 1. The third-order valence-corrected chi connectivity index (χ3v) is 5.13. The summed E-state index contributed by atoms with van der Waals surface area (Å²) in [5.41, 5.74) is 3.56. The molecule has 0 radical (unpaired) electrons. The fourth-order valence-corrected chi connectivity index (χ4v) is 3.55. The van der Waals surface area contributed by atoms with Crippen molar-refractivity contribution in [2.45, 2.75) is 32.4 Å². The van der Waals surface area contributed by atoms with Crippen LogP contribution in [0.1, 0.15) is 35.3 Å². The lowest BCUT2D eigenvalue weighted by atomic mass is 9.94. The lowest BCUT2D eigenvalue weighted by Gasteiger charge is -2.41. The van der Waals surface area contributed by atoms with Crippen LogP contribution in [0, 0.1) is 0 Å². The third kappa shape index (κ3) is 3.23. The number of thiophene rings is 1. The molecule has 0 bridgehead atoms. The monoisotopic (exact) mass is 314 g/mol. The van der Waals surface area contributed by atoms with Crippen LogP contribution < -0.4 is 5.32 Å². The summed E-state index contributed by atoms with van der Waals surface area (Å²) in [5, 5.41) is 6.89. The molecule has 1 N–H and O–H groups in total. The van der Waals surface area contributed by atoms with Gasteiger partial charge in [-0.05, 0) is 42.8 Å². The van der Waals surface area contributed by atoms with Gasteiger partial charge in [0.2, 0.25) is 0 Å². The second kappa shape index (κ2) is 6.23. The summed E-state index contributed by atoms with van der Waals surface area (Å²) >= 11 is 1.55. The number of benzene rings is 1. The first kappa shape index (κ1) is 15.3. The fraction of sp³-hybridized carbons (Fsp3) is 0.389. The van der Waals surface area contributed by atoms with Crippen LogP contribution in [0.15, 0.2) is 41.1 Å². The van der Waals surface area contributed by atoms with Gasteiger partial charge in [-0.25, -0.2) is 0 Å². The Bertz CT molecular complexity index is 649. The van der Waals surface area contributed by atoms with Crippen LogP contribution in [-0.4, -0.2) is 29.4 Å². The van der Waals surface area contributed by atoms with E-state index in [1.54, 1.807) is 11.3 Å². The van der Waals surface area contributed by atoms with E-state index in [9.17, 15) is 4.79 Å². The molecule has 2 aromatic rings. The molecule has 3 nitrogen and oxygen atoms in total. The molecule has 1 aromatic carbocycles. The van der Waals surface area contributed by atoms with Gasteiger partial charge in [-0.2, -0.15) is 11.3 Å². The molecule has 0 aliphatic carbocycles. The van der Waals surface area contributed by atoms with Crippen LogP contribution in [0.2, 0.25) is 0 Å². The van der Waals surface area contributed by atoms with Crippen LogP contribution >= 0.6 is 11.3 Å². The molecule has 0 fully saturated rings. The van der Waals surface area contributed by atoms with Gasteiger partial charge >= 0.3 is 0 Å². The van der Waals surface area contributed by atoms with Crippen LogP contribution in [0.25, 0.3) is 0 Å². The van der Waals surface area contributed by atoms with Gasteiger partial charge in [0, 0.05) is 36.1 Å². The van der Waals surface area contributed by atoms with E-state index in [1.165, 1.54) is 11.1 Å². The maximum atomic E-state index is 12.1. The number of hydrogen-bond donors (Lipinski definition) is 1. The van der Waals surface area contributed by atoms with Crippen molar-refractivity contribution >= 4 is 17.2 Å². The number of rotatable bonds is 4. The highest BCUT2D eigenvalue weighted by Gasteiger charge is 2.30. The van der Waals surface area contributed by atoms with E-state index >= 15 is 0 Å². The summed E-state index contributed by atoms with van der Waals surface area (Å²) in [7, 11) is 0. The summed E-state index contributed by atoms with van der Waals surface area (Å²) in [5.74, 6) is 0.0201. The summed E-state index contributed by atoms with van der Waals surface area (Å²) in [6.45, 7) is 7.06. The minimum atomic E-state index is -0.0563. The molecule has 1 aliphatic rings. The Morgan fingerprint density at radius 2 is 2.05 bits per heavy atom. The molecule has 0 atom stereocenters. The van der Waals surface area contributed by atoms with Crippen molar-refractivity contribution in [3.05, 3.63) is 57.8 Å². The molecule has 0 saturated carbocycles. The summed E-state index contributed by atoms with van der Waals surface area (Å²) in [6, 6.07) is 10.5. The predicted molar refractivity (Wildman–Crippen MR) is 91.3 cm³/mol. The van der Waals surface area contributed by atoms with Crippen LogP contribution in [0.4, 0.5) is 0 Å². The van der Waals surface area contributed by atoms with Crippen molar-refractivity contribution in [2.24, 2.45) is 0 Å². The molecule has 116 valence electrons. The normalized spacial score (nSPS) is 15.4. The van der Waals surface area contributed by atoms with Gasteiger partial charge < -0.3 is 5.32 Å². The topological polar surface area (TPSA) is 32.3 Å². The second-order valence-electron chi connectivity index (χ2n) is 6.45. The highest BCUT2D eigenvalue weighted by molar-refractivity contribution is 7.08. The minimum Gasteiger partial charge on any atom is -0.350 e. The Kier molecular flexibility index (Phi) is 4.32. The zero-order valence-electron chi connectivity index (χ0n) is 13.1. The minimum absolute atomic E-state index is 0.0201. The van der Waals surface area contributed by atoms with Crippen LogP contribution in [-0.2, 0) is 13.0 Å². The first-order valence-corrected chi connectivity index (χ1v) is 8.63. The molecule has 1 aliphatic heterocycles. The van der Waals surface area contributed by atoms with E-state index in [2.05, 4.69) is 48.3 Å². The predicted octanol–water partition coefficient (Wildman–Crippen LogP) is 3.31. The summed E-state index contributed by atoms with van der Waals surface area (Å²) < 4.78 is 0. The number of fused-ring (bicyclic) bond motifs is 1. The van der Waals surface area contributed by atoms with E-state index in [-0.39, 0.29) is 11.4 Å². The van der Waals surface area contributed by atoms with E-state index in [0.717, 1.165) is 25.1 Å². The largest absolute Gasteiger partial charge is 0.350 e. The fourth-order valence-electron chi connectivity index (χ4n) is 2.92. The van der Waals surface area contributed by atoms with Gasteiger partial charge in [-0.1, -0.05) is 24.3 Å². The van der Waals surface area contributed by atoms with Crippen molar-refractivity contribution < 1.29 is 4.79 Å². The first-order valence-electron chi connectivity index (χ1n) is 7.68. The molecule has 1 aromatic heterocycles. The molecule has 3 rings (SSSR count). The van der Waals surface area contributed by atoms with E-state index < -0.39 is 0 Å². The number of carbonyl (C=O) groups excluding carboxylic acids is 1. The van der Waals surface area contributed by atoms with E-state index in [0.29, 0.717) is 6.54 Å². The smallest absolute Gasteiger partial charge is 0.252 e. The highest BCUT2D eigenvalue weighted by Crippen LogP contribution is 2.25. The SMILES string of the molecule is CC(C)(CNC(=O)c1ccsc1)N1CCc2ccccc2C1. The lowest BCUT2D eigenvalue weighted by Crippen LogP contribution is -2.53. The summed E-state index contributed by atoms with van der Waals surface area (Å²) in [4.78, 5) is 14.6. The Hall–Kier alpha value is -1.65. The highest BCUT2D eigenvalue weighted by atomic mass is 32.1. The van der Waals surface area contributed by atoms with Gasteiger partial charge in [0.1, 0.15) is 0 Å². The van der Waals surface area contributed by atoms with Gasteiger partial charge in [-0.3, -0.25) is 9.69 Å². The van der Waals surface area contributed by atoms with Crippen LogP contribution in [0.3, 0.4) is 0 Å². The average molecular weight is 314 g/mol. The molecule has 4 heteroatoms. The van der Waals surface area contributed by atoms with Crippen LogP contribution in [0.5, 0.6) is 0 Å². The molecule has 0 spiro atoms.